The van der Waals surface area contributed by atoms with Gasteiger partial charge in [0.15, 0.2) is 0 Å². The summed E-state index contributed by atoms with van der Waals surface area (Å²) in [5.41, 5.74) is 3.83. The van der Waals surface area contributed by atoms with Gasteiger partial charge in [0.2, 0.25) is 5.89 Å². The fourth-order valence-corrected chi connectivity index (χ4v) is 3.34. The Morgan fingerprint density at radius 1 is 0.967 bits per heavy atom. The van der Waals surface area contributed by atoms with Gasteiger partial charge in [-0.2, -0.15) is 4.68 Å². The minimum atomic E-state index is -0.518. The maximum atomic E-state index is 12.3. The second kappa shape index (κ2) is 8.59. The summed E-state index contributed by atoms with van der Waals surface area (Å²) in [6.45, 7) is 4.17. The molecule has 0 aliphatic heterocycles. The van der Waals surface area contributed by atoms with E-state index in [1.807, 2.05) is 56.3 Å². The summed E-state index contributed by atoms with van der Waals surface area (Å²) < 4.78 is 12.3. The minimum absolute atomic E-state index is 0.0127. The lowest BCUT2D eigenvalue weighted by Gasteiger charge is -2.11. The van der Waals surface area contributed by atoms with Crippen LogP contribution in [-0.2, 0) is 6.54 Å². The van der Waals surface area contributed by atoms with Gasteiger partial charge in [-0.15, -0.1) is 5.10 Å². The molecule has 0 aliphatic rings. The normalized spacial score (nSPS) is 11.1. The lowest BCUT2D eigenvalue weighted by Crippen LogP contribution is -2.16. The van der Waals surface area contributed by atoms with E-state index in [4.69, 9.17) is 20.8 Å². The second-order valence-corrected chi connectivity index (χ2v) is 7.61. The number of ether oxygens (including phenoxy) is 1. The molecule has 0 fully saturated rings. The Hall–Kier alpha value is -3.31. The van der Waals surface area contributed by atoms with Crippen molar-refractivity contribution >= 4 is 11.6 Å². The summed E-state index contributed by atoms with van der Waals surface area (Å²) in [5, 5.41) is 4.77. The summed E-state index contributed by atoms with van der Waals surface area (Å²) in [7, 11) is 0. The predicted molar refractivity (Wildman–Crippen MR) is 118 cm³/mol. The van der Waals surface area contributed by atoms with Crippen LogP contribution in [-0.4, -0.2) is 15.9 Å². The van der Waals surface area contributed by atoms with Crippen molar-refractivity contribution in [1.29, 1.82) is 0 Å². The smallest absolute Gasteiger partial charge is 0.437 e. The Morgan fingerprint density at radius 2 is 1.63 bits per heavy atom. The van der Waals surface area contributed by atoms with Crippen LogP contribution < -0.4 is 10.5 Å². The third-order valence-corrected chi connectivity index (χ3v) is 4.84. The molecular weight excluding hydrogens is 400 g/mol. The van der Waals surface area contributed by atoms with E-state index in [1.54, 1.807) is 18.2 Å². The monoisotopic (exact) mass is 420 g/mol. The molecule has 0 radical (unpaired) electrons. The van der Waals surface area contributed by atoms with Crippen LogP contribution in [0.15, 0.2) is 82.0 Å². The van der Waals surface area contributed by atoms with E-state index in [-0.39, 0.29) is 12.0 Å². The maximum absolute atomic E-state index is 12.3. The molecule has 30 heavy (non-hydrogen) atoms. The van der Waals surface area contributed by atoms with Crippen LogP contribution in [0.3, 0.4) is 0 Å². The van der Waals surface area contributed by atoms with Crippen molar-refractivity contribution in [2.24, 2.45) is 0 Å². The van der Waals surface area contributed by atoms with Crippen LogP contribution in [0.1, 0.15) is 19.4 Å². The predicted octanol–water partition coefficient (Wildman–Crippen LogP) is 5.66. The molecule has 0 saturated carbocycles. The van der Waals surface area contributed by atoms with Crippen LogP contribution in [0.4, 0.5) is 0 Å². The quantitative estimate of drug-likeness (QED) is 0.404. The lowest BCUT2D eigenvalue weighted by molar-refractivity contribution is 0.242. The van der Waals surface area contributed by atoms with E-state index in [1.165, 1.54) is 4.68 Å². The summed E-state index contributed by atoms with van der Waals surface area (Å²) in [4.78, 5) is 12.3. The standard InChI is InChI=1S/C24H21ClN2O3/c1-16(2)29-22-13-12-20(14-21(22)25)23-26-27(24(28)30-23)15-17-8-10-19(11-9-17)18-6-4-3-5-7-18/h3-14,16H,15H2,1-2H3. The fourth-order valence-electron chi connectivity index (χ4n) is 3.11. The van der Waals surface area contributed by atoms with Crippen LogP contribution in [0.2, 0.25) is 5.02 Å². The van der Waals surface area contributed by atoms with Crippen LogP contribution in [0.5, 0.6) is 5.75 Å². The van der Waals surface area contributed by atoms with E-state index in [0.717, 1.165) is 16.7 Å². The van der Waals surface area contributed by atoms with E-state index in [2.05, 4.69) is 17.2 Å². The number of hydrogen-bond donors (Lipinski definition) is 0. The van der Waals surface area contributed by atoms with Crippen molar-refractivity contribution in [3.05, 3.63) is 93.9 Å². The van der Waals surface area contributed by atoms with E-state index in [9.17, 15) is 4.79 Å². The topological polar surface area (TPSA) is 57.3 Å². The summed E-state index contributed by atoms with van der Waals surface area (Å²) in [6, 6.07) is 23.4. The molecule has 5 nitrogen and oxygen atoms in total. The highest BCUT2D eigenvalue weighted by Gasteiger charge is 2.13. The molecule has 0 N–H and O–H groups in total. The van der Waals surface area contributed by atoms with Crippen molar-refractivity contribution < 1.29 is 9.15 Å². The van der Waals surface area contributed by atoms with Gasteiger partial charge >= 0.3 is 5.76 Å². The lowest BCUT2D eigenvalue weighted by atomic mass is 10.0. The zero-order valence-corrected chi connectivity index (χ0v) is 17.5. The van der Waals surface area contributed by atoms with Gasteiger partial charge in [-0.25, -0.2) is 4.79 Å². The first kappa shape index (κ1) is 20.0. The third kappa shape index (κ3) is 4.47. The van der Waals surface area contributed by atoms with Gasteiger partial charge in [-0.05, 0) is 48.7 Å². The van der Waals surface area contributed by atoms with Gasteiger partial charge in [0.25, 0.3) is 0 Å². The van der Waals surface area contributed by atoms with Gasteiger partial charge in [-0.3, -0.25) is 0 Å². The molecule has 0 atom stereocenters. The average molecular weight is 421 g/mol. The van der Waals surface area contributed by atoms with Crippen molar-refractivity contribution in [2.45, 2.75) is 26.5 Å². The molecule has 0 aliphatic carbocycles. The first-order valence-corrected chi connectivity index (χ1v) is 10.1. The van der Waals surface area contributed by atoms with Crippen molar-refractivity contribution in [1.82, 2.24) is 9.78 Å². The molecule has 1 aromatic heterocycles. The van der Waals surface area contributed by atoms with Gasteiger partial charge in [-0.1, -0.05) is 66.2 Å². The second-order valence-electron chi connectivity index (χ2n) is 7.21. The summed E-state index contributed by atoms with van der Waals surface area (Å²) in [5.74, 6) is 0.283. The van der Waals surface area contributed by atoms with Crippen LogP contribution in [0, 0.1) is 0 Å². The van der Waals surface area contributed by atoms with Gasteiger partial charge < -0.3 is 9.15 Å². The number of rotatable bonds is 6. The largest absolute Gasteiger partial charge is 0.489 e. The highest BCUT2D eigenvalue weighted by atomic mass is 35.5. The Morgan fingerprint density at radius 3 is 2.30 bits per heavy atom. The summed E-state index contributed by atoms with van der Waals surface area (Å²) in [6.07, 6.45) is 0.0127. The molecule has 3 aromatic carbocycles. The Labute approximate surface area is 179 Å². The Balaban J connectivity index is 1.53. The van der Waals surface area contributed by atoms with Crippen molar-refractivity contribution in [3.8, 4) is 28.3 Å². The minimum Gasteiger partial charge on any atom is -0.489 e. The summed E-state index contributed by atoms with van der Waals surface area (Å²) >= 11 is 6.29. The zero-order chi connectivity index (χ0) is 21.1. The van der Waals surface area contributed by atoms with Gasteiger partial charge in [0, 0.05) is 5.56 Å². The molecule has 1 heterocycles. The van der Waals surface area contributed by atoms with Crippen LogP contribution in [0.25, 0.3) is 22.6 Å². The number of hydrogen-bond acceptors (Lipinski definition) is 4. The highest BCUT2D eigenvalue weighted by Crippen LogP contribution is 2.30. The maximum Gasteiger partial charge on any atom is 0.437 e. The molecular formula is C24H21ClN2O3. The van der Waals surface area contributed by atoms with Gasteiger partial charge in [0.05, 0.1) is 17.7 Å². The number of benzene rings is 3. The number of halogens is 1. The number of nitrogens with zero attached hydrogens (tertiary/aromatic N) is 2. The molecule has 0 spiro atoms. The van der Waals surface area contributed by atoms with E-state index >= 15 is 0 Å². The molecule has 0 unspecified atom stereocenters. The van der Waals surface area contributed by atoms with Crippen molar-refractivity contribution in [3.63, 3.8) is 0 Å². The fraction of sp³-hybridized carbons (Fsp3) is 0.167. The van der Waals surface area contributed by atoms with E-state index in [0.29, 0.717) is 22.9 Å². The van der Waals surface area contributed by atoms with Crippen molar-refractivity contribution in [2.75, 3.05) is 0 Å². The Bertz CT molecular complexity index is 1200. The molecule has 0 amide bonds. The molecule has 152 valence electrons. The molecule has 0 saturated heterocycles. The Kier molecular flexibility index (Phi) is 5.72. The highest BCUT2D eigenvalue weighted by molar-refractivity contribution is 6.32. The SMILES string of the molecule is CC(C)Oc1ccc(-c2nn(Cc3ccc(-c4ccccc4)cc3)c(=O)o2)cc1Cl. The van der Waals surface area contributed by atoms with Crippen LogP contribution >= 0.6 is 11.6 Å². The average Bonchev–Trinajstić information content (AvgIpc) is 3.11. The number of aromatic nitrogens is 2. The zero-order valence-electron chi connectivity index (χ0n) is 16.7. The van der Waals surface area contributed by atoms with E-state index < -0.39 is 5.76 Å². The molecule has 0 bridgehead atoms. The first-order valence-electron chi connectivity index (χ1n) is 9.68. The first-order chi connectivity index (χ1) is 14.5. The third-order valence-electron chi connectivity index (χ3n) is 4.54. The molecule has 4 rings (SSSR count). The molecule has 4 aromatic rings. The molecule has 6 heteroatoms. The van der Waals surface area contributed by atoms with Gasteiger partial charge in [0.1, 0.15) is 5.75 Å².